The SMILES string of the molecule is Cc1cccnc1S(=O)(=O)OO[Si](C)(C)C(C)(C)C. The van der Waals surface area contributed by atoms with E-state index in [1.54, 1.807) is 19.1 Å². The van der Waals surface area contributed by atoms with Gasteiger partial charge in [-0.2, -0.15) is 8.42 Å². The highest BCUT2D eigenvalue weighted by atomic mass is 32.2. The summed E-state index contributed by atoms with van der Waals surface area (Å²) >= 11 is 0. The maximum absolute atomic E-state index is 12.0. The molecule has 0 aliphatic heterocycles. The van der Waals surface area contributed by atoms with E-state index < -0.39 is 18.4 Å². The minimum absolute atomic E-state index is 0.103. The summed E-state index contributed by atoms with van der Waals surface area (Å²) in [5, 5.41) is -0.240. The molecule has 0 aromatic carbocycles. The number of pyridine rings is 1. The molecule has 0 bridgehead atoms. The molecule has 0 amide bonds. The Labute approximate surface area is 116 Å². The van der Waals surface area contributed by atoms with Gasteiger partial charge in [-0.25, -0.2) is 4.98 Å². The first-order chi connectivity index (χ1) is 8.47. The maximum Gasteiger partial charge on any atom is 0.340 e. The fourth-order valence-corrected chi connectivity index (χ4v) is 3.03. The lowest BCUT2D eigenvalue weighted by Gasteiger charge is -2.33. The van der Waals surface area contributed by atoms with Crippen molar-refractivity contribution in [3.63, 3.8) is 0 Å². The minimum atomic E-state index is -3.98. The Balaban J connectivity index is 2.92. The van der Waals surface area contributed by atoms with Gasteiger partial charge in [-0.1, -0.05) is 26.8 Å². The molecule has 0 radical (unpaired) electrons. The van der Waals surface area contributed by atoms with E-state index in [4.69, 9.17) is 8.91 Å². The van der Waals surface area contributed by atoms with Crippen molar-refractivity contribution in [3.05, 3.63) is 23.9 Å². The number of hydrogen-bond acceptors (Lipinski definition) is 5. The standard InChI is InChI=1S/C12H21NO4SSi/c1-10-8-7-9-13-11(10)18(14,15)16-17-19(5,6)12(2,3)4/h7-9H,1-6H3. The zero-order chi connectivity index (χ0) is 14.9. The number of rotatable bonds is 4. The molecule has 0 spiro atoms. The zero-order valence-electron chi connectivity index (χ0n) is 12.2. The molecule has 1 aromatic rings. The van der Waals surface area contributed by atoms with Crippen molar-refractivity contribution in [1.29, 1.82) is 0 Å². The lowest BCUT2D eigenvalue weighted by molar-refractivity contribution is -0.110. The molecule has 0 unspecified atom stereocenters. The van der Waals surface area contributed by atoms with Crippen LogP contribution in [0.25, 0.3) is 0 Å². The number of aromatic nitrogens is 1. The molecule has 19 heavy (non-hydrogen) atoms. The Kier molecular flexibility index (Phi) is 4.56. The monoisotopic (exact) mass is 303 g/mol. The molecule has 0 saturated heterocycles. The Bertz CT molecular complexity index is 549. The van der Waals surface area contributed by atoms with Gasteiger partial charge in [0.15, 0.2) is 5.03 Å². The minimum Gasteiger partial charge on any atom is -0.270 e. The van der Waals surface area contributed by atoms with Crippen LogP contribution in [0, 0.1) is 6.92 Å². The maximum atomic E-state index is 12.0. The van der Waals surface area contributed by atoms with Crippen LogP contribution in [0.2, 0.25) is 18.1 Å². The van der Waals surface area contributed by atoms with Gasteiger partial charge < -0.3 is 0 Å². The highest BCUT2D eigenvalue weighted by molar-refractivity contribution is 7.86. The third-order valence-electron chi connectivity index (χ3n) is 3.34. The van der Waals surface area contributed by atoms with Crippen molar-refractivity contribution in [2.75, 3.05) is 0 Å². The Morgan fingerprint density at radius 2 is 1.84 bits per heavy atom. The smallest absolute Gasteiger partial charge is 0.270 e. The lowest BCUT2D eigenvalue weighted by atomic mass is 10.2. The summed E-state index contributed by atoms with van der Waals surface area (Å²) in [6, 6.07) is 3.33. The van der Waals surface area contributed by atoms with Crippen LogP contribution in [0.15, 0.2) is 23.4 Å². The van der Waals surface area contributed by atoms with E-state index in [1.165, 1.54) is 6.20 Å². The van der Waals surface area contributed by atoms with Gasteiger partial charge in [0.05, 0.1) is 0 Å². The van der Waals surface area contributed by atoms with E-state index in [0.29, 0.717) is 5.56 Å². The summed E-state index contributed by atoms with van der Waals surface area (Å²) in [5.41, 5.74) is 0.529. The van der Waals surface area contributed by atoms with Crippen LogP contribution >= 0.6 is 0 Å². The van der Waals surface area contributed by atoms with Crippen molar-refractivity contribution in [2.45, 2.75) is 50.9 Å². The molecule has 0 saturated carbocycles. The van der Waals surface area contributed by atoms with E-state index in [9.17, 15) is 8.42 Å². The van der Waals surface area contributed by atoms with Gasteiger partial charge in [0, 0.05) is 6.20 Å². The Morgan fingerprint density at radius 1 is 1.26 bits per heavy atom. The van der Waals surface area contributed by atoms with Gasteiger partial charge in [0.25, 0.3) is 0 Å². The summed E-state index contributed by atoms with van der Waals surface area (Å²) in [6.07, 6.45) is 1.41. The van der Waals surface area contributed by atoms with Crippen LogP contribution in [0.5, 0.6) is 0 Å². The summed E-state index contributed by atoms with van der Waals surface area (Å²) in [4.78, 5) is 3.84. The second-order valence-corrected chi connectivity index (χ2v) is 12.1. The second kappa shape index (κ2) is 5.32. The van der Waals surface area contributed by atoms with E-state index in [0.717, 1.165) is 0 Å². The third kappa shape index (κ3) is 3.85. The molecule has 0 N–H and O–H groups in total. The van der Waals surface area contributed by atoms with Crippen molar-refractivity contribution in [3.8, 4) is 0 Å². The Hall–Kier alpha value is -0.763. The first-order valence-corrected chi connectivity index (χ1v) is 10.3. The normalized spacial score (nSPS) is 13.6. The van der Waals surface area contributed by atoms with Crippen LogP contribution < -0.4 is 0 Å². The topological polar surface area (TPSA) is 65.5 Å². The number of hydrogen-bond donors (Lipinski definition) is 0. The summed E-state index contributed by atoms with van der Waals surface area (Å²) in [6.45, 7) is 11.5. The van der Waals surface area contributed by atoms with Gasteiger partial charge in [0.2, 0.25) is 8.32 Å². The molecule has 0 aliphatic rings. The molecule has 0 fully saturated rings. The quantitative estimate of drug-likeness (QED) is 0.486. The first kappa shape index (κ1) is 16.3. The molecule has 5 nitrogen and oxygen atoms in total. The second-order valence-electron chi connectivity index (χ2n) is 5.99. The van der Waals surface area contributed by atoms with Crippen LogP contribution in [0.3, 0.4) is 0 Å². The highest BCUT2D eigenvalue weighted by Gasteiger charge is 2.40. The van der Waals surface area contributed by atoms with Gasteiger partial charge in [0.1, 0.15) is 0 Å². The van der Waals surface area contributed by atoms with Crippen molar-refractivity contribution < 1.29 is 17.3 Å². The van der Waals surface area contributed by atoms with Gasteiger partial charge in [-0.05, 0) is 36.7 Å². The van der Waals surface area contributed by atoms with Crippen LogP contribution in [0.4, 0.5) is 0 Å². The molecule has 1 heterocycles. The predicted molar refractivity (Wildman–Crippen MR) is 75.5 cm³/mol. The van der Waals surface area contributed by atoms with Crippen LogP contribution in [-0.4, -0.2) is 21.7 Å². The average molecular weight is 303 g/mol. The van der Waals surface area contributed by atoms with Gasteiger partial charge >= 0.3 is 10.1 Å². The summed E-state index contributed by atoms with van der Waals surface area (Å²) < 4.78 is 34.1. The van der Waals surface area contributed by atoms with Gasteiger partial charge in [-0.15, -0.1) is 4.33 Å². The summed E-state index contributed by atoms with van der Waals surface area (Å²) in [7, 11) is -6.28. The van der Waals surface area contributed by atoms with Gasteiger partial charge in [-0.3, -0.25) is 4.58 Å². The van der Waals surface area contributed by atoms with E-state index in [1.807, 2.05) is 33.9 Å². The molecule has 0 atom stereocenters. The van der Waals surface area contributed by atoms with Crippen molar-refractivity contribution in [1.82, 2.24) is 4.98 Å². The third-order valence-corrected chi connectivity index (χ3v) is 8.72. The van der Waals surface area contributed by atoms with Crippen molar-refractivity contribution in [2.24, 2.45) is 0 Å². The molecular weight excluding hydrogens is 282 g/mol. The molecule has 1 aromatic heterocycles. The van der Waals surface area contributed by atoms with E-state index >= 15 is 0 Å². The van der Waals surface area contributed by atoms with E-state index in [2.05, 4.69) is 4.98 Å². The predicted octanol–water partition coefficient (Wildman–Crippen LogP) is 3.03. The van der Waals surface area contributed by atoms with Crippen molar-refractivity contribution >= 4 is 18.4 Å². The Morgan fingerprint density at radius 3 is 2.32 bits per heavy atom. The highest BCUT2D eigenvalue weighted by Crippen LogP contribution is 2.37. The van der Waals surface area contributed by atoms with Crippen LogP contribution in [-0.2, 0) is 19.0 Å². The fourth-order valence-electron chi connectivity index (χ4n) is 1.02. The lowest BCUT2D eigenvalue weighted by Crippen LogP contribution is -2.41. The first-order valence-electron chi connectivity index (χ1n) is 6.01. The van der Waals surface area contributed by atoms with Crippen LogP contribution in [0.1, 0.15) is 26.3 Å². The average Bonchev–Trinajstić information content (AvgIpc) is 2.25. The molecule has 1 rings (SSSR count). The molecular formula is C12H21NO4SSi. The summed E-state index contributed by atoms with van der Waals surface area (Å²) in [5.74, 6) is 0. The molecule has 7 heteroatoms. The molecule has 108 valence electrons. The largest absolute Gasteiger partial charge is 0.340 e. The molecule has 0 aliphatic carbocycles. The fraction of sp³-hybridized carbons (Fsp3) is 0.583. The number of nitrogens with zero attached hydrogens (tertiary/aromatic N) is 1. The number of aryl methyl sites for hydroxylation is 1. The van der Waals surface area contributed by atoms with E-state index in [-0.39, 0.29) is 10.1 Å². The zero-order valence-corrected chi connectivity index (χ0v) is 14.0.